The third kappa shape index (κ3) is 2.95. The molecule has 0 radical (unpaired) electrons. The fraction of sp³-hybridized carbons (Fsp3) is 0.455. The van der Waals surface area contributed by atoms with Gasteiger partial charge in [-0.1, -0.05) is 13.8 Å². The summed E-state index contributed by atoms with van der Waals surface area (Å²) in [5.41, 5.74) is -1.23. The van der Waals surface area contributed by atoms with Gasteiger partial charge < -0.3 is 5.11 Å². The van der Waals surface area contributed by atoms with E-state index in [1.165, 1.54) is 6.20 Å². The zero-order valence-corrected chi connectivity index (χ0v) is 9.32. The fourth-order valence-corrected chi connectivity index (χ4v) is 1.69. The van der Waals surface area contributed by atoms with Gasteiger partial charge in [0.1, 0.15) is 0 Å². The summed E-state index contributed by atoms with van der Waals surface area (Å²) in [5.74, 6) is -2.89. The molecule has 0 amide bonds. The Bertz CT molecular complexity index is 415. The van der Waals surface area contributed by atoms with Crippen LogP contribution in [0.3, 0.4) is 0 Å². The Morgan fingerprint density at radius 1 is 1.41 bits per heavy atom. The van der Waals surface area contributed by atoms with Crippen molar-refractivity contribution in [1.82, 2.24) is 4.98 Å². The molecule has 0 aromatic carbocycles. The van der Waals surface area contributed by atoms with Crippen LogP contribution in [0.1, 0.15) is 30.9 Å². The first-order chi connectivity index (χ1) is 7.75. The highest BCUT2D eigenvalue weighted by Gasteiger charge is 2.38. The monoisotopic (exact) mass is 247 g/mol. The van der Waals surface area contributed by atoms with Gasteiger partial charge in [0.2, 0.25) is 0 Å². The number of hydrogen-bond acceptors (Lipinski definition) is 2. The van der Waals surface area contributed by atoms with Gasteiger partial charge in [0.25, 0.3) is 0 Å². The molecule has 0 spiro atoms. The number of nitrogens with zero attached hydrogens (tertiary/aromatic N) is 1. The number of carboxylic acids is 1. The minimum atomic E-state index is -4.59. The number of rotatable bonds is 3. The maximum Gasteiger partial charge on any atom is 0.418 e. The highest BCUT2D eigenvalue weighted by molar-refractivity contribution is 5.77. The maximum atomic E-state index is 12.7. The molecule has 0 saturated carbocycles. The molecular formula is C11H12F3NO2. The average Bonchev–Trinajstić information content (AvgIpc) is 2.15. The van der Waals surface area contributed by atoms with Crippen molar-refractivity contribution in [2.24, 2.45) is 5.92 Å². The lowest BCUT2D eigenvalue weighted by atomic mass is 9.86. The lowest BCUT2D eigenvalue weighted by molar-refractivity contribution is -0.142. The van der Waals surface area contributed by atoms with Crippen LogP contribution in [0.5, 0.6) is 0 Å². The average molecular weight is 247 g/mol. The minimum absolute atomic E-state index is 0.241. The number of halogens is 3. The van der Waals surface area contributed by atoms with Gasteiger partial charge in [-0.25, -0.2) is 0 Å². The Hall–Kier alpha value is -1.59. The molecule has 94 valence electrons. The van der Waals surface area contributed by atoms with Crippen molar-refractivity contribution in [3.8, 4) is 0 Å². The van der Waals surface area contributed by atoms with E-state index in [4.69, 9.17) is 5.11 Å². The summed E-state index contributed by atoms with van der Waals surface area (Å²) in [7, 11) is 0. The van der Waals surface area contributed by atoms with Crippen LogP contribution in [0.4, 0.5) is 13.2 Å². The molecule has 17 heavy (non-hydrogen) atoms. The van der Waals surface area contributed by atoms with E-state index in [-0.39, 0.29) is 5.56 Å². The molecule has 6 heteroatoms. The van der Waals surface area contributed by atoms with Crippen LogP contribution in [-0.4, -0.2) is 16.1 Å². The van der Waals surface area contributed by atoms with E-state index in [1.54, 1.807) is 13.8 Å². The van der Waals surface area contributed by atoms with Crippen LogP contribution in [0.25, 0.3) is 0 Å². The number of carboxylic acid groups (broad SMARTS) is 1. The Balaban J connectivity index is 3.34. The molecule has 1 heterocycles. The van der Waals surface area contributed by atoms with Crippen molar-refractivity contribution >= 4 is 5.97 Å². The molecule has 0 aliphatic carbocycles. The minimum Gasteiger partial charge on any atom is -0.481 e. The molecule has 0 saturated heterocycles. The summed E-state index contributed by atoms with van der Waals surface area (Å²) < 4.78 is 38.1. The Labute approximate surface area is 96.3 Å². The van der Waals surface area contributed by atoms with Crippen molar-refractivity contribution < 1.29 is 23.1 Å². The number of hydrogen-bond donors (Lipinski definition) is 1. The largest absolute Gasteiger partial charge is 0.481 e. The first-order valence-corrected chi connectivity index (χ1v) is 4.99. The van der Waals surface area contributed by atoms with E-state index in [1.807, 2.05) is 0 Å². The van der Waals surface area contributed by atoms with E-state index < -0.39 is 29.5 Å². The summed E-state index contributed by atoms with van der Waals surface area (Å²) in [6.45, 7) is 3.14. The first kappa shape index (κ1) is 13.5. The third-order valence-electron chi connectivity index (χ3n) is 2.43. The van der Waals surface area contributed by atoms with Crippen molar-refractivity contribution in [1.29, 1.82) is 0 Å². The molecule has 1 rings (SSSR count). The maximum absolute atomic E-state index is 12.7. The summed E-state index contributed by atoms with van der Waals surface area (Å²) in [6.07, 6.45) is -2.76. The van der Waals surface area contributed by atoms with E-state index >= 15 is 0 Å². The highest BCUT2D eigenvalue weighted by atomic mass is 19.4. The highest BCUT2D eigenvalue weighted by Crippen LogP contribution is 2.37. The van der Waals surface area contributed by atoms with E-state index in [2.05, 4.69) is 4.98 Å². The predicted molar refractivity (Wildman–Crippen MR) is 54.5 cm³/mol. The normalized spacial score (nSPS) is 13.8. The molecule has 0 aliphatic heterocycles. The number of pyridine rings is 1. The quantitative estimate of drug-likeness (QED) is 0.893. The number of alkyl halides is 3. The lowest BCUT2D eigenvalue weighted by Crippen LogP contribution is -2.22. The topological polar surface area (TPSA) is 50.2 Å². The van der Waals surface area contributed by atoms with Gasteiger partial charge in [0, 0.05) is 12.4 Å². The van der Waals surface area contributed by atoms with Crippen LogP contribution in [0.15, 0.2) is 18.5 Å². The van der Waals surface area contributed by atoms with Gasteiger partial charge >= 0.3 is 12.1 Å². The summed E-state index contributed by atoms with van der Waals surface area (Å²) in [6, 6.07) is 1.11. The van der Waals surface area contributed by atoms with Crippen LogP contribution in [0.2, 0.25) is 0 Å². The van der Waals surface area contributed by atoms with E-state index in [0.717, 1.165) is 6.07 Å². The van der Waals surface area contributed by atoms with Crippen molar-refractivity contribution in [2.75, 3.05) is 0 Å². The zero-order valence-electron chi connectivity index (χ0n) is 9.32. The van der Waals surface area contributed by atoms with Crippen molar-refractivity contribution in [3.63, 3.8) is 0 Å². The Morgan fingerprint density at radius 3 is 2.41 bits per heavy atom. The van der Waals surface area contributed by atoms with Crippen molar-refractivity contribution in [3.05, 3.63) is 29.6 Å². The van der Waals surface area contributed by atoms with E-state index in [0.29, 0.717) is 6.20 Å². The molecule has 1 aromatic rings. The SMILES string of the molecule is CC(C)C(C(=O)O)c1ccncc1C(F)(F)F. The first-order valence-electron chi connectivity index (χ1n) is 4.99. The van der Waals surface area contributed by atoms with Gasteiger partial charge in [-0.2, -0.15) is 13.2 Å². The summed E-state index contributed by atoms with van der Waals surface area (Å²) >= 11 is 0. The molecule has 1 N–H and O–H groups in total. The second-order valence-corrected chi connectivity index (χ2v) is 4.02. The van der Waals surface area contributed by atoms with Gasteiger partial charge in [0.05, 0.1) is 11.5 Å². The van der Waals surface area contributed by atoms with Crippen molar-refractivity contribution in [2.45, 2.75) is 25.9 Å². The van der Waals surface area contributed by atoms with Crippen LogP contribution in [0, 0.1) is 5.92 Å². The molecule has 1 unspecified atom stereocenters. The zero-order chi connectivity index (χ0) is 13.2. The number of aliphatic carboxylic acids is 1. The third-order valence-corrected chi connectivity index (χ3v) is 2.43. The molecule has 0 fully saturated rings. The molecular weight excluding hydrogens is 235 g/mol. The second-order valence-electron chi connectivity index (χ2n) is 4.02. The summed E-state index contributed by atoms with van der Waals surface area (Å²) in [4.78, 5) is 14.4. The molecule has 3 nitrogen and oxygen atoms in total. The predicted octanol–water partition coefficient (Wildman–Crippen LogP) is 2.92. The van der Waals surface area contributed by atoms with Gasteiger partial charge in [-0.05, 0) is 17.5 Å². The fourth-order valence-electron chi connectivity index (χ4n) is 1.69. The number of carbonyl (C=O) groups is 1. The standard InChI is InChI=1S/C11H12F3NO2/c1-6(2)9(10(16)17)7-3-4-15-5-8(7)11(12,13)14/h3-6,9H,1-2H3,(H,16,17). The van der Waals surface area contributed by atoms with Crippen LogP contribution >= 0.6 is 0 Å². The molecule has 1 atom stereocenters. The van der Waals surface area contributed by atoms with Crippen LogP contribution in [-0.2, 0) is 11.0 Å². The Morgan fingerprint density at radius 2 is 2.00 bits per heavy atom. The van der Waals surface area contributed by atoms with Gasteiger partial charge in [0.15, 0.2) is 0 Å². The molecule has 0 aliphatic rings. The van der Waals surface area contributed by atoms with Gasteiger partial charge in [-0.3, -0.25) is 9.78 Å². The molecule has 0 bridgehead atoms. The van der Waals surface area contributed by atoms with E-state index in [9.17, 15) is 18.0 Å². The smallest absolute Gasteiger partial charge is 0.418 e. The molecule has 1 aromatic heterocycles. The number of aromatic nitrogens is 1. The summed E-state index contributed by atoms with van der Waals surface area (Å²) in [5, 5.41) is 9.00. The Kier molecular flexibility index (Phi) is 3.75. The second kappa shape index (κ2) is 4.73. The van der Waals surface area contributed by atoms with Crippen LogP contribution < -0.4 is 0 Å². The lowest BCUT2D eigenvalue weighted by Gasteiger charge is -2.20. The van der Waals surface area contributed by atoms with Gasteiger partial charge in [-0.15, -0.1) is 0 Å².